The molecule has 102 valence electrons. The number of halogens is 1. The molecule has 0 radical (unpaired) electrons. The number of oxime groups is 1. The molecule has 2 aromatic carbocycles. The van der Waals surface area contributed by atoms with E-state index >= 15 is 0 Å². The smallest absolute Gasteiger partial charge is 0.193 e. The zero-order valence-corrected chi connectivity index (χ0v) is 12.8. The first-order chi connectivity index (χ1) is 9.63. The molecule has 20 heavy (non-hydrogen) atoms. The van der Waals surface area contributed by atoms with Crippen molar-refractivity contribution in [2.24, 2.45) is 5.16 Å². The molecule has 0 unspecified atom stereocenters. The third-order valence-electron chi connectivity index (χ3n) is 2.88. The standard InChI is InChI=1S/C16H14BrNO2/c1-11(18-20-2)14-9-8-13(17)10-15(14)16(19)12-6-4-3-5-7-12/h3-10H,1-2H3/b18-11+. The Kier molecular flexibility index (Phi) is 4.69. The summed E-state index contributed by atoms with van der Waals surface area (Å²) < 4.78 is 0.853. The minimum Gasteiger partial charge on any atom is -0.399 e. The summed E-state index contributed by atoms with van der Waals surface area (Å²) in [4.78, 5) is 17.4. The minimum absolute atomic E-state index is 0.0347. The molecule has 0 bridgehead atoms. The number of benzene rings is 2. The topological polar surface area (TPSA) is 38.7 Å². The van der Waals surface area contributed by atoms with Crippen molar-refractivity contribution in [2.75, 3.05) is 7.11 Å². The summed E-state index contributed by atoms with van der Waals surface area (Å²) >= 11 is 3.40. The van der Waals surface area contributed by atoms with Gasteiger partial charge in [0.1, 0.15) is 7.11 Å². The van der Waals surface area contributed by atoms with Gasteiger partial charge in [0.2, 0.25) is 0 Å². The van der Waals surface area contributed by atoms with Gasteiger partial charge in [-0.1, -0.05) is 57.5 Å². The molecule has 0 fully saturated rings. The number of hydrogen-bond donors (Lipinski definition) is 0. The molecular formula is C16H14BrNO2. The van der Waals surface area contributed by atoms with E-state index in [0.29, 0.717) is 16.8 Å². The number of hydrogen-bond acceptors (Lipinski definition) is 3. The molecule has 2 aromatic rings. The van der Waals surface area contributed by atoms with Gasteiger partial charge in [-0.25, -0.2) is 0 Å². The monoisotopic (exact) mass is 331 g/mol. The minimum atomic E-state index is -0.0347. The molecule has 0 saturated heterocycles. The van der Waals surface area contributed by atoms with Gasteiger partial charge in [0.25, 0.3) is 0 Å². The zero-order valence-electron chi connectivity index (χ0n) is 11.3. The lowest BCUT2D eigenvalue weighted by Crippen LogP contribution is -2.09. The third-order valence-corrected chi connectivity index (χ3v) is 3.37. The maximum atomic E-state index is 12.6. The normalized spacial score (nSPS) is 11.2. The largest absolute Gasteiger partial charge is 0.399 e. The average Bonchev–Trinajstić information content (AvgIpc) is 2.47. The van der Waals surface area contributed by atoms with Crippen LogP contribution in [-0.2, 0) is 4.84 Å². The molecule has 0 aliphatic rings. The molecule has 0 heterocycles. The van der Waals surface area contributed by atoms with Crippen LogP contribution in [0.3, 0.4) is 0 Å². The SMILES string of the molecule is CO/N=C(\C)c1ccc(Br)cc1C(=O)c1ccccc1. The molecular weight excluding hydrogens is 318 g/mol. The summed E-state index contributed by atoms with van der Waals surface area (Å²) in [6.07, 6.45) is 0. The van der Waals surface area contributed by atoms with Gasteiger partial charge in [0.05, 0.1) is 5.71 Å². The van der Waals surface area contributed by atoms with Crippen molar-refractivity contribution in [3.8, 4) is 0 Å². The highest BCUT2D eigenvalue weighted by Gasteiger charge is 2.16. The van der Waals surface area contributed by atoms with E-state index in [9.17, 15) is 4.79 Å². The summed E-state index contributed by atoms with van der Waals surface area (Å²) in [5.74, 6) is -0.0347. The van der Waals surface area contributed by atoms with Crippen LogP contribution < -0.4 is 0 Å². The van der Waals surface area contributed by atoms with E-state index in [1.807, 2.05) is 37.3 Å². The molecule has 0 aliphatic heterocycles. The summed E-state index contributed by atoms with van der Waals surface area (Å²) in [5, 5.41) is 3.91. The van der Waals surface area contributed by atoms with Gasteiger partial charge < -0.3 is 4.84 Å². The second kappa shape index (κ2) is 6.48. The first-order valence-electron chi connectivity index (χ1n) is 6.11. The van der Waals surface area contributed by atoms with Crippen LogP contribution in [0, 0.1) is 0 Å². The van der Waals surface area contributed by atoms with E-state index < -0.39 is 0 Å². The maximum Gasteiger partial charge on any atom is 0.193 e. The first-order valence-corrected chi connectivity index (χ1v) is 6.90. The van der Waals surface area contributed by atoms with Gasteiger partial charge in [0, 0.05) is 21.2 Å². The number of carbonyl (C=O) groups is 1. The van der Waals surface area contributed by atoms with Gasteiger partial charge in [-0.05, 0) is 19.1 Å². The van der Waals surface area contributed by atoms with Crippen LogP contribution >= 0.6 is 15.9 Å². The first kappa shape index (κ1) is 14.5. The molecule has 0 spiro atoms. The lowest BCUT2D eigenvalue weighted by atomic mass is 9.96. The predicted octanol–water partition coefficient (Wildman–Crippen LogP) is 4.05. The number of carbonyl (C=O) groups excluding carboxylic acids is 1. The maximum absolute atomic E-state index is 12.6. The Morgan fingerprint density at radius 1 is 1.10 bits per heavy atom. The van der Waals surface area contributed by atoms with E-state index in [4.69, 9.17) is 4.84 Å². The number of nitrogens with zero attached hydrogens (tertiary/aromatic N) is 1. The summed E-state index contributed by atoms with van der Waals surface area (Å²) in [5.41, 5.74) is 2.68. The van der Waals surface area contributed by atoms with Crippen LogP contribution in [0.15, 0.2) is 58.2 Å². The number of rotatable bonds is 4. The summed E-state index contributed by atoms with van der Waals surface area (Å²) in [6.45, 7) is 1.81. The van der Waals surface area contributed by atoms with Crippen LogP contribution in [-0.4, -0.2) is 18.6 Å². The molecule has 0 N–H and O–H groups in total. The van der Waals surface area contributed by atoms with Crippen LogP contribution in [0.4, 0.5) is 0 Å². The van der Waals surface area contributed by atoms with Crippen LogP contribution in [0.2, 0.25) is 0 Å². The highest BCUT2D eigenvalue weighted by atomic mass is 79.9. The summed E-state index contributed by atoms with van der Waals surface area (Å²) in [6, 6.07) is 14.7. The highest BCUT2D eigenvalue weighted by molar-refractivity contribution is 9.10. The van der Waals surface area contributed by atoms with Crippen LogP contribution in [0.25, 0.3) is 0 Å². The van der Waals surface area contributed by atoms with Gasteiger partial charge >= 0.3 is 0 Å². The molecule has 0 amide bonds. The molecule has 0 aliphatic carbocycles. The van der Waals surface area contributed by atoms with E-state index in [1.54, 1.807) is 18.2 Å². The van der Waals surface area contributed by atoms with Gasteiger partial charge in [-0.15, -0.1) is 0 Å². The second-order valence-corrected chi connectivity index (χ2v) is 5.16. The van der Waals surface area contributed by atoms with Crippen LogP contribution in [0.5, 0.6) is 0 Å². The predicted molar refractivity (Wildman–Crippen MR) is 83.2 cm³/mol. The number of ketones is 1. The fourth-order valence-electron chi connectivity index (χ4n) is 1.95. The quantitative estimate of drug-likeness (QED) is 0.481. The van der Waals surface area contributed by atoms with Crippen LogP contribution in [0.1, 0.15) is 28.4 Å². The van der Waals surface area contributed by atoms with Gasteiger partial charge in [0.15, 0.2) is 5.78 Å². The van der Waals surface area contributed by atoms with Crippen molar-refractivity contribution < 1.29 is 9.63 Å². The lowest BCUT2D eigenvalue weighted by Gasteiger charge is -2.09. The Morgan fingerprint density at radius 2 is 1.80 bits per heavy atom. The van der Waals surface area contributed by atoms with Gasteiger partial charge in [-0.2, -0.15) is 0 Å². The van der Waals surface area contributed by atoms with Crippen molar-refractivity contribution in [2.45, 2.75) is 6.92 Å². The van der Waals surface area contributed by atoms with E-state index in [-0.39, 0.29) is 5.78 Å². The molecule has 2 rings (SSSR count). The Balaban J connectivity index is 2.53. The van der Waals surface area contributed by atoms with Crippen molar-refractivity contribution in [1.29, 1.82) is 0 Å². The fraction of sp³-hybridized carbons (Fsp3) is 0.125. The lowest BCUT2D eigenvalue weighted by molar-refractivity contribution is 0.103. The van der Waals surface area contributed by atoms with Crippen molar-refractivity contribution >= 4 is 27.4 Å². The van der Waals surface area contributed by atoms with Crippen molar-refractivity contribution in [1.82, 2.24) is 0 Å². The van der Waals surface area contributed by atoms with Crippen molar-refractivity contribution in [3.05, 3.63) is 69.7 Å². The Hall–Kier alpha value is -1.94. The Labute approximate surface area is 126 Å². The van der Waals surface area contributed by atoms with E-state index in [1.165, 1.54) is 7.11 Å². The second-order valence-electron chi connectivity index (χ2n) is 4.24. The molecule has 3 nitrogen and oxygen atoms in total. The average molecular weight is 332 g/mol. The molecule has 0 saturated carbocycles. The molecule has 0 aromatic heterocycles. The third kappa shape index (κ3) is 3.14. The Bertz CT molecular complexity index is 651. The summed E-state index contributed by atoms with van der Waals surface area (Å²) in [7, 11) is 1.49. The fourth-order valence-corrected chi connectivity index (χ4v) is 2.31. The molecule has 4 heteroatoms. The highest BCUT2D eigenvalue weighted by Crippen LogP contribution is 2.21. The van der Waals surface area contributed by atoms with E-state index in [2.05, 4.69) is 21.1 Å². The van der Waals surface area contributed by atoms with Gasteiger partial charge in [-0.3, -0.25) is 4.79 Å². The Morgan fingerprint density at radius 3 is 2.45 bits per heavy atom. The van der Waals surface area contributed by atoms with E-state index in [0.717, 1.165) is 10.0 Å². The van der Waals surface area contributed by atoms with Crippen molar-refractivity contribution in [3.63, 3.8) is 0 Å². The molecule has 0 atom stereocenters. The zero-order chi connectivity index (χ0) is 14.5.